The van der Waals surface area contributed by atoms with Crippen molar-refractivity contribution >= 4 is 22.2 Å². The number of rotatable bonds is 6. The molecule has 0 spiro atoms. The van der Waals surface area contributed by atoms with Gasteiger partial charge in [0.1, 0.15) is 0 Å². The van der Waals surface area contributed by atoms with E-state index in [0.717, 1.165) is 24.6 Å². The van der Waals surface area contributed by atoms with Crippen molar-refractivity contribution in [2.24, 2.45) is 0 Å². The number of aromatic nitrogens is 1. The van der Waals surface area contributed by atoms with Crippen LogP contribution in [0.15, 0.2) is 24.3 Å². The summed E-state index contributed by atoms with van der Waals surface area (Å²) >= 11 is 1.79. The van der Waals surface area contributed by atoms with Gasteiger partial charge in [0.15, 0.2) is 5.13 Å². The van der Waals surface area contributed by atoms with Gasteiger partial charge in [0, 0.05) is 24.2 Å². The zero-order valence-corrected chi connectivity index (χ0v) is 13.5. The van der Waals surface area contributed by atoms with Gasteiger partial charge in [-0.25, -0.2) is 4.98 Å². The summed E-state index contributed by atoms with van der Waals surface area (Å²) in [7, 11) is 2.09. The van der Waals surface area contributed by atoms with Crippen LogP contribution in [0, 0.1) is 6.92 Å². The molecule has 0 saturated carbocycles. The fourth-order valence-corrected chi connectivity index (χ4v) is 3.21. The molecule has 0 aliphatic heterocycles. The third kappa shape index (κ3) is 3.38. The van der Waals surface area contributed by atoms with Crippen LogP contribution in [0.1, 0.15) is 30.0 Å². The minimum atomic E-state index is 0.916. The number of nitrogens with zero attached hydrogens (tertiary/aromatic N) is 2. The highest BCUT2D eigenvalue weighted by atomic mass is 32.1. The van der Waals surface area contributed by atoms with E-state index in [4.69, 9.17) is 4.98 Å². The summed E-state index contributed by atoms with van der Waals surface area (Å²) in [5, 5.41) is 4.46. The zero-order chi connectivity index (χ0) is 14.5. The highest BCUT2D eigenvalue weighted by Crippen LogP contribution is 2.31. The summed E-state index contributed by atoms with van der Waals surface area (Å²) < 4.78 is 0. The lowest BCUT2D eigenvalue weighted by Crippen LogP contribution is -2.11. The normalized spacial score (nSPS) is 10.8. The molecule has 0 unspecified atom stereocenters. The SMILES string of the molecule is CCNCc1sc(N(C)c2cccc(C)c2)nc1CC. The lowest BCUT2D eigenvalue weighted by Gasteiger charge is -2.16. The molecule has 2 rings (SSSR count). The van der Waals surface area contributed by atoms with Crippen molar-refractivity contribution < 1.29 is 0 Å². The second-order valence-corrected chi connectivity index (χ2v) is 5.96. The van der Waals surface area contributed by atoms with E-state index >= 15 is 0 Å². The average Bonchev–Trinajstić information content (AvgIpc) is 2.87. The first-order valence-electron chi connectivity index (χ1n) is 7.15. The number of nitrogens with one attached hydrogen (secondary N) is 1. The second kappa shape index (κ2) is 6.86. The molecule has 1 heterocycles. The van der Waals surface area contributed by atoms with Gasteiger partial charge in [0.2, 0.25) is 0 Å². The molecule has 0 atom stereocenters. The Morgan fingerprint density at radius 2 is 2.10 bits per heavy atom. The molecule has 1 aromatic heterocycles. The van der Waals surface area contributed by atoms with E-state index in [9.17, 15) is 0 Å². The van der Waals surface area contributed by atoms with Crippen molar-refractivity contribution in [3.63, 3.8) is 0 Å². The molecule has 0 aliphatic rings. The minimum absolute atomic E-state index is 0.916. The summed E-state index contributed by atoms with van der Waals surface area (Å²) in [5.41, 5.74) is 3.68. The van der Waals surface area contributed by atoms with Gasteiger partial charge in [-0.15, -0.1) is 0 Å². The van der Waals surface area contributed by atoms with Crippen LogP contribution < -0.4 is 10.2 Å². The van der Waals surface area contributed by atoms with Crippen molar-refractivity contribution in [1.29, 1.82) is 0 Å². The molecule has 2 aromatic rings. The van der Waals surface area contributed by atoms with Gasteiger partial charge in [-0.2, -0.15) is 0 Å². The van der Waals surface area contributed by atoms with E-state index in [1.54, 1.807) is 11.3 Å². The monoisotopic (exact) mass is 289 g/mol. The van der Waals surface area contributed by atoms with Crippen molar-refractivity contribution in [2.45, 2.75) is 33.7 Å². The Bertz CT molecular complexity index is 563. The van der Waals surface area contributed by atoms with Gasteiger partial charge in [-0.05, 0) is 37.6 Å². The van der Waals surface area contributed by atoms with Crippen LogP contribution in [0.3, 0.4) is 0 Å². The summed E-state index contributed by atoms with van der Waals surface area (Å²) in [5.74, 6) is 0. The number of thiazole rings is 1. The van der Waals surface area contributed by atoms with Gasteiger partial charge in [0.25, 0.3) is 0 Å². The molecule has 1 aromatic carbocycles. The summed E-state index contributed by atoms with van der Waals surface area (Å²) in [4.78, 5) is 8.32. The molecule has 108 valence electrons. The summed E-state index contributed by atoms with van der Waals surface area (Å²) in [6.45, 7) is 8.32. The zero-order valence-electron chi connectivity index (χ0n) is 12.7. The molecule has 3 nitrogen and oxygen atoms in total. The Labute approximate surface area is 125 Å². The quantitative estimate of drug-likeness (QED) is 0.874. The number of hydrogen-bond donors (Lipinski definition) is 1. The van der Waals surface area contributed by atoms with Crippen molar-refractivity contribution in [3.8, 4) is 0 Å². The lowest BCUT2D eigenvalue weighted by molar-refractivity contribution is 0.727. The van der Waals surface area contributed by atoms with Crippen molar-refractivity contribution in [1.82, 2.24) is 10.3 Å². The maximum atomic E-state index is 4.79. The van der Waals surface area contributed by atoms with Gasteiger partial charge in [-0.3, -0.25) is 0 Å². The van der Waals surface area contributed by atoms with E-state index in [2.05, 4.69) is 62.3 Å². The molecular weight excluding hydrogens is 266 g/mol. The Morgan fingerprint density at radius 1 is 1.30 bits per heavy atom. The number of benzene rings is 1. The largest absolute Gasteiger partial charge is 0.321 e. The third-order valence-corrected chi connectivity index (χ3v) is 4.49. The molecule has 20 heavy (non-hydrogen) atoms. The van der Waals surface area contributed by atoms with Crippen LogP contribution in [-0.2, 0) is 13.0 Å². The first-order valence-corrected chi connectivity index (χ1v) is 7.97. The summed E-state index contributed by atoms with van der Waals surface area (Å²) in [6.07, 6.45) is 0.985. The molecule has 0 saturated heterocycles. The van der Waals surface area contributed by atoms with Crippen molar-refractivity contribution in [2.75, 3.05) is 18.5 Å². The minimum Gasteiger partial charge on any atom is -0.321 e. The van der Waals surface area contributed by atoms with E-state index < -0.39 is 0 Å². The van der Waals surface area contributed by atoms with Crippen LogP contribution in [0.25, 0.3) is 0 Å². The maximum Gasteiger partial charge on any atom is 0.190 e. The highest BCUT2D eigenvalue weighted by molar-refractivity contribution is 7.15. The lowest BCUT2D eigenvalue weighted by atomic mass is 10.2. The van der Waals surface area contributed by atoms with Crippen LogP contribution in [0.4, 0.5) is 10.8 Å². The summed E-state index contributed by atoms with van der Waals surface area (Å²) in [6, 6.07) is 8.53. The third-order valence-electron chi connectivity index (χ3n) is 3.31. The van der Waals surface area contributed by atoms with Gasteiger partial charge >= 0.3 is 0 Å². The maximum absolute atomic E-state index is 4.79. The Kier molecular flexibility index (Phi) is 5.15. The molecule has 0 amide bonds. The number of aryl methyl sites for hydroxylation is 2. The Hall–Kier alpha value is -1.39. The van der Waals surface area contributed by atoms with Crippen LogP contribution >= 0.6 is 11.3 Å². The van der Waals surface area contributed by atoms with Crippen LogP contribution in [0.5, 0.6) is 0 Å². The van der Waals surface area contributed by atoms with Gasteiger partial charge in [-0.1, -0.05) is 37.3 Å². The first kappa shape index (κ1) is 15.0. The van der Waals surface area contributed by atoms with E-state index in [-0.39, 0.29) is 0 Å². The van der Waals surface area contributed by atoms with Gasteiger partial charge in [0.05, 0.1) is 5.69 Å². The fourth-order valence-electron chi connectivity index (χ4n) is 2.11. The molecule has 0 fully saturated rings. The smallest absolute Gasteiger partial charge is 0.190 e. The van der Waals surface area contributed by atoms with E-state index in [1.165, 1.54) is 21.8 Å². The molecule has 0 bridgehead atoms. The Balaban J connectivity index is 2.25. The van der Waals surface area contributed by atoms with E-state index in [1.807, 2.05) is 0 Å². The van der Waals surface area contributed by atoms with Gasteiger partial charge < -0.3 is 10.2 Å². The molecule has 4 heteroatoms. The average molecular weight is 289 g/mol. The fraction of sp³-hybridized carbons (Fsp3) is 0.438. The van der Waals surface area contributed by atoms with Crippen LogP contribution in [0.2, 0.25) is 0 Å². The molecule has 1 N–H and O–H groups in total. The van der Waals surface area contributed by atoms with Crippen molar-refractivity contribution in [3.05, 3.63) is 40.4 Å². The second-order valence-electron chi connectivity index (χ2n) is 4.90. The topological polar surface area (TPSA) is 28.2 Å². The predicted molar refractivity (Wildman–Crippen MR) is 88.1 cm³/mol. The molecule has 0 radical (unpaired) electrons. The number of hydrogen-bond acceptors (Lipinski definition) is 4. The first-order chi connectivity index (χ1) is 9.65. The predicted octanol–water partition coefficient (Wildman–Crippen LogP) is 3.89. The van der Waals surface area contributed by atoms with E-state index in [0.29, 0.717) is 0 Å². The Morgan fingerprint density at radius 3 is 2.75 bits per heavy atom. The van der Waals surface area contributed by atoms with Crippen LogP contribution in [-0.4, -0.2) is 18.6 Å². The molecule has 0 aliphatic carbocycles. The highest BCUT2D eigenvalue weighted by Gasteiger charge is 2.13. The molecular formula is C16H23N3S. The number of anilines is 2. The standard InChI is InChI=1S/C16H23N3S/c1-5-14-15(11-17-6-2)20-16(18-14)19(4)13-9-7-8-12(3)10-13/h7-10,17H,5-6,11H2,1-4H3.